The fourth-order valence-electron chi connectivity index (χ4n) is 1.39. The number of hydrogen-bond acceptors (Lipinski definition) is 2. The van der Waals surface area contributed by atoms with Crippen LogP contribution in [0.15, 0.2) is 30.5 Å². The molecule has 0 saturated carbocycles. The topological polar surface area (TPSA) is 42.8 Å². The summed E-state index contributed by atoms with van der Waals surface area (Å²) in [6, 6.07) is 7.92. The molecule has 0 unspecified atom stereocenters. The van der Waals surface area contributed by atoms with Gasteiger partial charge in [0.15, 0.2) is 6.19 Å². The number of hydrogen-bond donors (Lipinski definition) is 1. The van der Waals surface area contributed by atoms with Crippen LogP contribution in [0.1, 0.15) is 0 Å². The van der Waals surface area contributed by atoms with Crippen molar-refractivity contribution in [3.8, 4) is 6.19 Å². The molecule has 0 fully saturated rings. The van der Waals surface area contributed by atoms with Crippen molar-refractivity contribution in [1.29, 1.82) is 5.26 Å². The SMILES string of the molecule is CN(C#N)c1c[nH]c2ccccc12. The summed E-state index contributed by atoms with van der Waals surface area (Å²) in [5.41, 5.74) is 1.97. The Labute approximate surface area is 76.2 Å². The maximum absolute atomic E-state index is 8.73. The average Bonchev–Trinajstić information content (AvgIpc) is 2.60. The third-order valence-corrected chi connectivity index (χ3v) is 2.08. The Bertz CT molecular complexity index is 464. The van der Waals surface area contributed by atoms with Gasteiger partial charge in [-0.05, 0) is 6.07 Å². The molecule has 64 valence electrons. The Morgan fingerprint density at radius 1 is 1.38 bits per heavy atom. The van der Waals surface area contributed by atoms with Gasteiger partial charge in [-0.1, -0.05) is 18.2 Å². The van der Waals surface area contributed by atoms with E-state index in [-0.39, 0.29) is 0 Å². The first kappa shape index (κ1) is 7.69. The number of fused-ring (bicyclic) bond motifs is 1. The molecular weight excluding hydrogens is 162 g/mol. The van der Waals surface area contributed by atoms with E-state index in [0.717, 1.165) is 16.6 Å². The lowest BCUT2D eigenvalue weighted by Crippen LogP contribution is -2.06. The second-order valence-electron chi connectivity index (χ2n) is 2.88. The quantitative estimate of drug-likeness (QED) is 0.527. The van der Waals surface area contributed by atoms with E-state index in [4.69, 9.17) is 5.26 Å². The van der Waals surface area contributed by atoms with Gasteiger partial charge < -0.3 is 4.98 Å². The molecule has 1 N–H and O–H groups in total. The highest BCUT2D eigenvalue weighted by Gasteiger charge is 2.05. The van der Waals surface area contributed by atoms with Crippen LogP contribution in [-0.4, -0.2) is 12.0 Å². The van der Waals surface area contributed by atoms with Crippen LogP contribution in [0, 0.1) is 11.5 Å². The number of aromatic amines is 1. The molecule has 0 atom stereocenters. The molecule has 0 aliphatic carbocycles. The molecule has 1 aromatic heterocycles. The molecule has 0 radical (unpaired) electrons. The first-order valence-electron chi connectivity index (χ1n) is 4.02. The second-order valence-corrected chi connectivity index (χ2v) is 2.88. The molecule has 0 aliphatic heterocycles. The van der Waals surface area contributed by atoms with Crippen molar-refractivity contribution in [3.05, 3.63) is 30.5 Å². The Morgan fingerprint density at radius 2 is 2.15 bits per heavy atom. The standard InChI is InChI=1S/C10H9N3/c1-13(7-11)10-6-12-9-5-3-2-4-8(9)10/h2-6,12H,1H3. The predicted molar refractivity (Wildman–Crippen MR) is 52.3 cm³/mol. The zero-order valence-corrected chi connectivity index (χ0v) is 7.28. The molecule has 2 rings (SSSR count). The van der Waals surface area contributed by atoms with Gasteiger partial charge in [-0.15, -0.1) is 0 Å². The van der Waals surface area contributed by atoms with E-state index in [2.05, 4.69) is 11.2 Å². The largest absolute Gasteiger partial charge is 0.359 e. The maximum Gasteiger partial charge on any atom is 0.184 e. The molecule has 13 heavy (non-hydrogen) atoms. The minimum atomic E-state index is 0.915. The fourth-order valence-corrected chi connectivity index (χ4v) is 1.39. The van der Waals surface area contributed by atoms with Crippen molar-refractivity contribution >= 4 is 16.6 Å². The minimum Gasteiger partial charge on any atom is -0.359 e. The molecule has 1 aromatic carbocycles. The molecular formula is C10H9N3. The molecule has 3 nitrogen and oxygen atoms in total. The number of anilines is 1. The van der Waals surface area contributed by atoms with Gasteiger partial charge in [0.2, 0.25) is 0 Å². The lowest BCUT2D eigenvalue weighted by Gasteiger charge is -2.05. The third kappa shape index (κ3) is 1.13. The Balaban J connectivity index is 2.66. The van der Waals surface area contributed by atoms with Crippen molar-refractivity contribution < 1.29 is 0 Å². The van der Waals surface area contributed by atoms with E-state index in [1.807, 2.05) is 30.5 Å². The zero-order chi connectivity index (χ0) is 9.26. The number of nitriles is 1. The lowest BCUT2D eigenvalue weighted by molar-refractivity contribution is 1.21. The number of rotatable bonds is 1. The summed E-state index contributed by atoms with van der Waals surface area (Å²) in [6.07, 6.45) is 3.91. The number of nitrogens with zero attached hydrogens (tertiary/aromatic N) is 2. The Hall–Kier alpha value is -1.95. The predicted octanol–water partition coefficient (Wildman–Crippen LogP) is 2.09. The highest BCUT2D eigenvalue weighted by atomic mass is 15.1. The van der Waals surface area contributed by atoms with Gasteiger partial charge in [-0.3, -0.25) is 4.90 Å². The summed E-state index contributed by atoms with van der Waals surface area (Å²) in [5.74, 6) is 0. The van der Waals surface area contributed by atoms with Crippen LogP contribution in [0.3, 0.4) is 0 Å². The van der Waals surface area contributed by atoms with Crippen molar-refractivity contribution in [3.63, 3.8) is 0 Å². The summed E-state index contributed by atoms with van der Waals surface area (Å²) in [4.78, 5) is 4.65. The van der Waals surface area contributed by atoms with E-state index in [9.17, 15) is 0 Å². The molecule has 3 heteroatoms. The van der Waals surface area contributed by atoms with Gasteiger partial charge >= 0.3 is 0 Å². The van der Waals surface area contributed by atoms with Gasteiger partial charge in [0, 0.05) is 24.1 Å². The van der Waals surface area contributed by atoms with Crippen LogP contribution < -0.4 is 4.90 Å². The van der Waals surface area contributed by atoms with Crippen LogP contribution in [-0.2, 0) is 0 Å². The molecule has 0 amide bonds. The highest BCUT2D eigenvalue weighted by Crippen LogP contribution is 2.24. The number of para-hydroxylation sites is 1. The highest BCUT2D eigenvalue weighted by molar-refractivity contribution is 5.93. The molecule has 0 bridgehead atoms. The van der Waals surface area contributed by atoms with Crippen LogP contribution in [0.2, 0.25) is 0 Å². The third-order valence-electron chi connectivity index (χ3n) is 2.08. The average molecular weight is 171 g/mol. The molecule has 1 heterocycles. The smallest absolute Gasteiger partial charge is 0.184 e. The number of H-pyrrole nitrogens is 1. The van der Waals surface area contributed by atoms with Crippen molar-refractivity contribution in [1.82, 2.24) is 4.98 Å². The van der Waals surface area contributed by atoms with Crippen LogP contribution in [0.5, 0.6) is 0 Å². The van der Waals surface area contributed by atoms with E-state index >= 15 is 0 Å². The first-order chi connectivity index (χ1) is 6.33. The summed E-state index contributed by atoms with van der Waals surface area (Å²) in [6.45, 7) is 0. The van der Waals surface area contributed by atoms with Crippen molar-refractivity contribution in [2.75, 3.05) is 11.9 Å². The van der Waals surface area contributed by atoms with Crippen molar-refractivity contribution in [2.45, 2.75) is 0 Å². The van der Waals surface area contributed by atoms with Crippen LogP contribution in [0.25, 0.3) is 10.9 Å². The monoisotopic (exact) mass is 171 g/mol. The molecule has 0 aliphatic rings. The van der Waals surface area contributed by atoms with E-state index in [0.29, 0.717) is 0 Å². The summed E-state index contributed by atoms with van der Waals surface area (Å²) < 4.78 is 0. The zero-order valence-electron chi connectivity index (χ0n) is 7.28. The first-order valence-corrected chi connectivity index (χ1v) is 4.02. The van der Waals surface area contributed by atoms with Gasteiger partial charge in [0.1, 0.15) is 0 Å². The fraction of sp³-hybridized carbons (Fsp3) is 0.100. The summed E-state index contributed by atoms with van der Waals surface area (Å²) in [5, 5.41) is 9.80. The number of nitrogens with one attached hydrogen (secondary N) is 1. The van der Waals surface area contributed by atoms with Gasteiger partial charge in [-0.25, -0.2) is 0 Å². The molecule has 0 saturated heterocycles. The molecule has 2 aromatic rings. The number of benzene rings is 1. The van der Waals surface area contributed by atoms with Gasteiger partial charge in [-0.2, -0.15) is 5.26 Å². The van der Waals surface area contributed by atoms with Crippen molar-refractivity contribution in [2.24, 2.45) is 0 Å². The summed E-state index contributed by atoms with van der Waals surface area (Å²) in [7, 11) is 1.75. The summed E-state index contributed by atoms with van der Waals surface area (Å²) >= 11 is 0. The van der Waals surface area contributed by atoms with Crippen LogP contribution in [0.4, 0.5) is 5.69 Å². The normalized spacial score (nSPS) is 9.85. The second kappa shape index (κ2) is 2.83. The lowest BCUT2D eigenvalue weighted by atomic mass is 10.2. The van der Waals surface area contributed by atoms with Gasteiger partial charge in [0.05, 0.1) is 5.69 Å². The minimum absolute atomic E-state index is 0.915. The maximum atomic E-state index is 8.73. The van der Waals surface area contributed by atoms with E-state index in [1.165, 1.54) is 0 Å². The number of aromatic nitrogens is 1. The van der Waals surface area contributed by atoms with Gasteiger partial charge in [0.25, 0.3) is 0 Å². The Kier molecular flexibility index (Phi) is 1.67. The van der Waals surface area contributed by atoms with Crippen LogP contribution >= 0.6 is 0 Å². The van der Waals surface area contributed by atoms with E-state index in [1.54, 1.807) is 11.9 Å². The Morgan fingerprint density at radius 3 is 2.92 bits per heavy atom. The van der Waals surface area contributed by atoms with E-state index < -0.39 is 0 Å². The molecule has 0 spiro atoms.